The maximum absolute atomic E-state index is 13.0. The summed E-state index contributed by atoms with van der Waals surface area (Å²) in [5.41, 5.74) is 5.15. The van der Waals surface area contributed by atoms with Crippen molar-refractivity contribution >= 4 is 0 Å². The van der Waals surface area contributed by atoms with Crippen LogP contribution in [0.15, 0.2) is 36.7 Å². The van der Waals surface area contributed by atoms with Crippen molar-refractivity contribution in [1.29, 1.82) is 0 Å². The molecule has 114 valence electrons. The molecule has 0 atom stereocenters. The molecule has 1 aromatic carbocycles. The van der Waals surface area contributed by atoms with E-state index in [0.717, 1.165) is 6.07 Å². The van der Waals surface area contributed by atoms with Gasteiger partial charge in [0.25, 0.3) is 0 Å². The molecule has 0 aliphatic heterocycles. The number of benzene rings is 1. The Kier molecular flexibility index (Phi) is 4.85. The van der Waals surface area contributed by atoms with Gasteiger partial charge in [0.05, 0.1) is 12.1 Å². The summed E-state index contributed by atoms with van der Waals surface area (Å²) in [5.74, 6) is -0.171. The van der Waals surface area contributed by atoms with Gasteiger partial charge in [0.2, 0.25) is 0 Å². The van der Waals surface area contributed by atoms with Gasteiger partial charge in [0.15, 0.2) is 0 Å². The van der Waals surface area contributed by atoms with Gasteiger partial charge in [-0.1, -0.05) is 6.07 Å². The van der Waals surface area contributed by atoms with E-state index in [4.69, 9.17) is 10.5 Å². The minimum absolute atomic E-state index is 0.112. The van der Waals surface area contributed by atoms with Crippen LogP contribution in [0.5, 0.6) is 5.75 Å². The lowest BCUT2D eigenvalue weighted by Crippen LogP contribution is -2.13. The molecule has 2 aromatic rings. The standard InChI is InChI=1S/C14H16F3N3O/c15-14(16,17)12-10-11(4-5-18)2-3-13(12)21-9-8-20-7-1-6-19-20/h1-3,6-7,10H,4-5,8-9,18H2. The summed E-state index contributed by atoms with van der Waals surface area (Å²) in [6.45, 7) is 0.798. The average molecular weight is 299 g/mol. The first-order valence-electron chi connectivity index (χ1n) is 6.51. The average Bonchev–Trinajstić information content (AvgIpc) is 2.92. The molecule has 0 bridgehead atoms. The molecule has 0 amide bonds. The molecule has 21 heavy (non-hydrogen) atoms. The zero-order valence-electron chi connectivity index (χ0n) is 11.3. The van der Waals surface area contributed by atoms with Crippen molar-refractivity contribution in [2.75, 3.05) is 13.2 Å². The predicted octanol–water partition coefficient (Wildman–Crippen LogP) is 2.48. The summed E-state index contributed by atoms with van der Waals surface area (Å²) in [5, 5.41) is 3.96. The second-order valence-electron chi connectivity index (χ2n) is 4.48. The molecule has 4 nitrogen and oxygen atoms in total. The Morgan fingerprint density at radius 1 is 1.29 bits per heavy atom. The van der Waals surface area contributed by atoms with E-state index in [1.54, 1.807) is 29.2 Å². The van der Waals surface area contributed by atoms with Crippen LogP contribution in [0.1, 0.15) is 11.1 Å². The van der Waals surface area contributed by atoms with E-state index in [9.17, 15) is 13.2 Å². The first kappa shape index (κ1) is 15.4. The first-order valence-corrected chi connectivity index (χ1v) is 6.51. The Hall–Kier alpha value is -2.02. The van der Waals surface area contributed by atoms with Gasteiger partial charge in [-0.2, -0.15) is 18.3 Å². The van der Waals surface area contributed by atoms with E-state index < -0.39 is 11.7 Å². The fraction of sp³-hybridized carbons (Fsp3) is 0.357. The van der Waals surface area contributed by atoms with Crippen molar-refractivity contribution in [2.45, 2.75) is 19.1 Å². The third-order valence-corrected chi connectivity index (χ3v) is 2.92. The maximum atomic E-state index is 13.0. The second kappa shape index (κ2) is 6.62. The number of aromatic nitrogens is 2. The summed E-state index contributed by atoms with van der Waals surface area (Å²) in [4.78, 5) is 0. The molecule has 0 spiro atoms. The third kappa shape index (κ3) is 4.22. The monoisotopic (exact) mass is 299 g/mol. The fourth-order valence-corrected chi connectivity index (χ4v) is 1.93. The Balaban J connectivity index is 2.10. The Morgan fingerprint density at radius 2 is 2.10 bits per heavy atom. The molecule has 0 fully saturated rings. The minimum Gasteiger partial charge on any atom is -0.491 e. The van der Waals surface area contributed by atoms with Crippen molar-refractivity contribution < 1.29 is 17.9 Å². The highest BCUT2D eigenvalue weighted by molar-refractivity contribution is 5.39. The van der Waals surface area contributed by atoms with E-state index >= 15 is 0 Å². The predicted molar refractivity (Wildman–Crippen MR) is 71.9 cm³/mol. The zero-order valence-corrected chi connectivity index (χ0v) is 11.3. The minimum atomic E-state index is -4.45. The molecule has 1 aromatic heterocycles. The van der Waals surface area contributed by atoms with Gasteiger partial charge in [-0.25, -0.2) is 0 Å². The zero-order chi connectivity index (χ0) is 15.3. The SMILES string of the molecule is NCCc1ccc(OCCn2cccn2)c(C(F)(F)F)c1. The second-order valence-corrected chi connectivity index (χ2v) is 4.48. The number of hydrogen-bond acceptors (Lipinski definition) is 3. The molecule has 1 heterocycles. The molecule has 0 aliphatic carbocycles. The highest BCUT2D eigenvalue weighted by Crippen LogP contribution is 2.36. The number of ether oxygens (including phenoxy) is 1. The van der Waals surface area contributed by atoms with E-state index in [1.165, 1.54) is 6.07 Å². The highest BCUT2D eigenvalue weighted by Gasteiger charge is 2.34. The number of hydrogen-bond donors (Lipinski definition) is 1. The molecule has 0 unspecified atom stereocenters. The van der Waals surface area contributed by atoms with Gasteiger partial charge in [-0.3, -0.25) is 4.68 Å². The molecule has 0 saturated carbocycles. The van der Waals surface area contributed by atoms with Crippen molar-refractivity contribution in [1.82, 2.24) is 9.78 Å². The van der Waals surface area contributed by atoms with Gasteiger partial charge in [0, 0.05) is 12.4 Å². The number of nitrogens with two attached hydrogens (primary N) is 1. The molecule has 0 aliphatic rings. The number of nitrogens with zero attached hydrogens (tertiary/aromatic N) is 2. The maximum Gasteiger partial charge on any atom is 0.419 e. The Morgan fingerprint density at radius 3 is 2.71 bits per heavy atom. The highest BCUT2D eigenvalue weighted by atomic mass is 19.4. The fourth-order valence-electron chi connectivity index (χ4n) is 1.93. The summed E-state index contributed by atoms with van der Waals surface area (Å²) >= 11 is 0. The molecular weight excluding hydrogens is 283 g/mol. The smallest absolute Gasteiger partial charge is 0.419 e. The van der Waals surface area contributed by atoms with E-state index in [-0.39, 0.29) is 12.4 Å². The van der Waals surface area contributed by atoms with Crippen molar-refractivity contribution in [2.24, 2.45) is 5.73 Å². The van der Waals surface area contributed by atoms with Gasteiger partial charge in [-0.05, 0) is 36.7 Å². The quantitative estimate of drug-likeness (QED) is 0.891. The summed E-state index contributed by atoms with van der Waals surface area (Å²) in [6, 6.07) is 5.78. The van der Waals surface area contributed by atoms with Crippen LogP contribution in [0.4, 0.5) is 13.2 Å². The van der Waals surface area contributed by atoms with Crippen LogP contribution >= 0.6 is 0 Å². The van der Waals surface area contributed by atoms with Crippen LogP contribution < -0.4 is 10.5 Å². The van der Waals surface area contributed by atoms with Crippen LogP contribution in [0.25, 0.3) is 0 Å². The van der Waals surface area contributed by atoms with Crippen molar-refractivity contribution in [3.63, 3.8) is 0 Å². The lowest BCUT2D eigenvalue weighted by atomic mass is 10.1. The van der Waals surface area contributed by atoms with Crippen LogP contribution in [-0.4, -0.2) is 22.9 Å². The van der Waals surface area contributed by atoms with Crippen LogP contribution in [-0.2, 0) is 19.1 Å². The third-order valence-electron chi connectivity index (χ3n) is 2.92. The summed E-state index contributed by atoms with van der Waals surface area (Å²) in [6.07, 6.45) is -0.733. The molecule has 2 rings (SSSR count). The van der Waals surface area contributed by atoms with Crippen LogP contribution in [0.3, 0.4) is 0 Å². The van der Waals surface area contributed by atoms with E-state index in [1.807, 2.05) is 0 Å². The lowest BCUT2D eigenvalue weighted by Gasteiger charge is -2.15. The van der Waals surface area contributed by atoms with Crippen molar-refractivity contribution in [3.8, 4) is 5.75 Å². The largest absolute Gasteiger partial charge is 0.491 e. The number of halogens is 3. The van der Waals surface area contributed by atoms with Gasteiger partial charge in [0.1, 0.15) is 12.4 Å². The van der Waals surface area contributed by atoms with Gasteiger partial charge < -0.3 is 10.5 Å². The summed E-state index contributed by atoms with van der Waals surface area (Å²) in [7, 11) is 0. The number of alkyl halides is 3. The van der Waals surface area contributed by atoms with Crippen molar-refractivity contribution in [3.05, 3.63) is 47.8 Å². The Bertz CT molecular complexity index is 567. The molecule has 7 heteroatoms. The molecule has 0 radical (unpaired) electrons. The molecule has 0 saturated heterocycles. The lowest BCUT2D eigenvalue weighted by molar-refractivity contribution is -0.139. The first-order chi connectivity index (χ1) is 10.0. The van der Waals surface area contributed by atoms with E-state index in [2.05, 4.69) is 5.10 Å². The summed E-state index contributed by atoms with van der Waals surface area (Å²) < 4.78 is 46.0. The van der Waals surface area contributed by atoms with Gasteiger partial charge in [-0.15, -0.1) is 0 Å². The number of rotatable bonds is 6. The van der Waals surface area contributed by atoms with Crippen LogP contribution in [0.2, 0.25) is 0 Å². The van der Waals surface area contributed by atoms with Gasteiger partial charge >= 0.3 is 6.18 Å². The Labute approximate surface area is 120 Å². The van der Waals surface area contributed by atoms with Crippen LogP contribution in [0, 0.1) is 0 Å². The normalized spacial score (nSPS) is 11.6. The van der Waals surface area contributed by atoms with E-state index in [0.29, 0.717) is 25.1 Å². The molecule has 2 N–H and O–H groups in total. The topological polar surface area (TPSA) is 53.1 Å². The molecular formula is C14H16F3N3O.